The summed E-state index contributed by atoms with van der Waals surface area (Å²) in [6.07, 6.45) is 1.74. The molecule has 3 aromatic rings. The predicted molar refractivity (Wildman–Crippen MR) is 101 cm³/mol. The van der Waals surface area contributed by atoms with Crippen molar-refractivity contribution in [3.63, 3.8) is 0 Å². The highest BCUT2D eigenvalue weighted by Gasteiger charge is 2.12. The molecule has 0 aliphatic carbocycles. The molecule has 0 saturated heterocycles. The van der Waals surface area contributed by atoms with Gasteiger partial charge in [-0.15, -0.1) is 6.58 Å². The quantitative estimate of drug-likeness (QED) is 0.575. The summed E-state index contributed by atoms with van der Waals surface area (Å²) in [7, 11) is 0. The molecule has 1 aromatic heterocycles. The highest BCUT2D eigenvalue weighted by atomic mass is 35.5. The van der Waals surface area contributed by atoms with E-state index in [4.69, 9.17) is 23.2 Å². The van der Waals surface area contributed by atoms with Crippen LogP contribution in [-0.4, -0.2) is 10.5 Å². The molecular formula is C18H14Cl2N2OS. The zero-order valence-electron chi connectivity index (χ0n) is 12.9. The zero-order chi connectivity index (χ0) is 17.3. The number of aromatic nitrogens is 1. The molecule has 0 spiro atoms. The third kappa shape index (κ3) is 3.31. The number of fused-ring (bicyclic) bond motifs is 1. The Morgan fingerprint density at radius 2 is 2.12 bits per heavy atom. The van der Waals surface area contributed by atoms with Gasteiger partial charge in [0.2, 0.25) is 0 Å². The SMILES string of the molecule is C=CCn1c(=NC(=O)c2cccc(C)c2)sc2cc(Cl)cc(Cl)c21. The summed E-state index contributed by atoms with van der Waals surface area (Å²) in [6.45, 7) is 6.21. The first-order valence-electron chi connectivity index (χ1n) is 7.24. The lowest BCUT2D eigenvalue weighted by Crippen LogP contribution is -2.16. The minimum absolute atomic E-state index is 0.287. The molecule has 3 nitrogen and oxygen atoms in total. The Hall–Kier alpha value is -1.88. The number of amides is 1. The lowest BCUT2D eigenvalue weighted by molar-refractivity contribution is 0.0998. The highest BCUT2D eigenvalue weighted by molar-refractivity contribution is 7.16. The molecule has 0 atom stereocenters. The van der Waals surface area contributed by atoms with Crippen molar-refractivity contribution in [3.05, 3.63) is 75.0 Å². The highest BCUT2D eigenvalue weighted by Crippen LogP contribution is 2.29. The van der Waals surface area contributed by atoms with Crippen LogP contribution in [0, 0.1) is 6.92 Å². The van der Waals surface area contributed by atoms with Gasteiger partial charge in [-0.05, 0) is 31.2 Å². The van der Waals surface area contributed by atoms with Crippen LogP contribution in [0.2, 0.25) is 10.0 Å². The monoisotopic (exact) mass is 376 g/mol. The molecule has 3 rings (SSSR count). The number of halogens is 2. The summed E-state index contributed by atoms with van der Waals surface area (Å²) >= 11 is 13.8. The van der Waals surface area contributed by atoms with Crippen molar-refractivity contribution in [2.75, 3.05) is 0 Å². The normalized spacial score (nSPS) is 11.9. The smallest absolute Gasteiger partial charge is 0.279 e. The lowest BCUT2D eigenvalue weighted by atomic mass is 10.1. The second-order valence-corrected chi connectivity index (χ2v) is 7.16. The van der Waals surface area contributed by atoms with E-state index in [1.807, 2.05) is 35.8 Å². The topological polar surface area (TPSA) is 34.4 Å². The van der Waals surface area contributed by atoms with Crippen molar-refractivity contribution in [3.8, 4) is 0 Å². The first-order chi connectivity index (χ1) is 11.5. The molecule has 0 fully saturated rings. The summed E-state index contributed by atoms with van der Waals surface area (Å²) in [5, 5.41) is 1.08. The lowest BCUT2D eigenvalue weighted by Gasteiger charge is -2.03. The molecule has 122 valence electrons. The largest absolute Gasteiger partial charge is 0.311 e. The van der Waals surface area contributed by atoms with Gasteiger partial charge in [-0.3, -0.25) is 4.79 Å². The van der Waals surface area contributed by atoms with E-state index < -0.39 is 0 Å². The van der Waals surface area contributed by atoms with Crippen LogP contribution in [0.3, 0.4) is 0 Å². The molecular weight excluding hydrogens is 363 g/mol. The number of aryl methyl sites for hydroxylation is 1. The molecule has 0 aliphatic heterocycles. The molecule has 2 aromatic carbocycles. The Labute approximate surface area is 153 Å². The fourth-order valence-electron chi connectivity index (χ4n) is 2.44. The number of hydrogen-bond acceptors (Lipinski definition) is 2. The van der Waals surface area contributed by atoms with Crippen LogP contribution in [0.1, 0.15) is 15.9 Å². The van der Waals surface area contributed by atoms with Gasteiger partial charge in [0.05, 0.1) is 15.2 Å². The van der Waals surface area contributed by atoms with Gasteiger partial charge in [-0.1, -0.05) is 58.3 Å². The third-order valence-corrected chi connectivity index (χ3v) is 5.00. The fourth-order valence-corrected chi connectivity index (χ4v) is 4.26. The second-order valence-electron chi connectivity index (χ2n) is 5.30. The number of nitrogens with zero attached hydrogens (tertiary/aromatic N) is 2. The van der Waals surface area contributed by atoms with E-state index in [1.165, 1.54) is 11.3 Å². The van der Waals surface area contributed by atoms with Crippen molar-refractivity contribution in [2.45, 2.75) is 13.5 Å². The molecule has 24 heavy (non-hydrogen) atoms. The number of benzene rings is 2. The van der Waals surface area contributed by atoms with Gasteiger partial charge in [-0.25, -0.2) is 0 Å². The van der Waals surface area contributed by atoms with Crippen molar-refractivity contribution < 1.29 is 4.79 Å². The second kappa shape index (κ2) is 6.93. The molecule has 6 heteroatoms. The van der Waals surface area contributed by atoms with Crippen LogP contribution in [0.4, 0.5) is 0 Å². The number of thiazole rings is 1. The summed E-state index contributed by atoms with van der Waals surface area (Å²) in [4.78, 5) is 17.4. The molecule has 1 heterocycles. The van der Waals surface area contributed by atoms with Gasteiger partial charge in [0.15, 0.2) is 4.80 Å². The Morgan fingerprint density at radius 3 is 2.83 bits per heavy atom. The minimum Gasteiger partial charge on any atom is -0.311 e. The van der Waals surface area contributed by atoms with Gasteiger partial charge < -0.3 is 4.57 Å². The van der Waals surface area contributed by atoms with E-state index in [-0.39, 0.29) is 5.91 Å². The Kier molecular flexibility index (Phi) is 4.90. The summed E-state index contributed by atoms with van der Waals surface area (Å²) in [5.74, 6) is -0.287. The van der Waals surface area contributed by atoms with Crippen LogP contribution >= 0.6 is 34.5 Å². The van der Waals surface area contributed by atoms with Gasteiger partial charge in [0, 0.05) is 17.1 Å². The molecule has 0 N–H and O–H groups in total. The van der Waals surface area contributed by atoms with E-state index in [1.54, 1.807) is 18.2 Å². The molecule has 0 saturated carbocycles. The van der Waals surface area contributed by atoms with Gasteiger partial charge >= 0.3 is 0 Å². The summed E-state index contributed by atoms with van der Waals surface area (Å²) < 4.78 is 2.75. The Bertz CT molecular complexity index is 1020. The molecule has 0 bridgehead atoms. The summed E-state index contributed by atoms with van der Waals surface area (Å²) in [5.41, 5.74) is 2.38. The number of carbonyl (C=O) groups is 1. The molecule has 0 radical (unpaired) electrons. The van der Waals surface area contributed by atoms with Crippen molar-refractivity contribution in [2.24, 2.45) is 4.99 Å². The number of rotatable bonds is 3. The number of hydrogen-bond donors (Lipinski definition) is 0. The maximum atomic E-state index is 12.5. The van der Waals surface area contributed by atoms with E-state index in [0.717, 1.165) is 15.8 Å². The summed E-state index contributed by atoms with van der Waals surface area (Å²) in [6, 6.07) is 10.9. The first-order valence-corrected chi connectivity index (χ1v) is 8.82. The van der Waals surface area contributed by atoms with E-state index >= 15 is 0 Å². The van der Waals surface area contributed by atoms with E-state index in [2.05, 4.69) is 11.6 Å². The van der Waals surface area contributed by atoms with Gasteiger partial charge in [-0.2, -0.15) is 4.99 Å². The maximum absolute atomic E-state index is 12.5. The van der Waals surface area contributed by atoms with Crippen LogP contribution in [-0.2, 0) is 6.54 Å². The Balaban J connectivity index is 2.21. The van der Waals surface area contributed by atoms with Crippen molar-refractivity contribution in [1.29, 1.82) is 0 Å². The molecule has 1 amide bonds. The van der Waals surface area contributed by atoms with Crippen LogP contribution in [0.25, 0.3) is 10.2 Å². The average Bonchev–Trinajstić information content (AvgIpc) is 2.85. The predicted octanol–water partition coefficient (Wildman–Crippen LogP) is 5.25. The molecule has 0 unspecified atom stereocenters. The third-order valence-electron chi connectivity index (χ3n) is 3.47. The Morgan fingerprint density at radius 1 is 1.33 bits per heavy atom. The van der Waals surface area contributed by atoms with Gasteiger partial charge in [0.1, 0.15) is 0 Å². The van der Waals surface area contributed by atoms with Gasteiger partial charge in [0.25, 0.3) is 5.91 Å². The minimum atomic E-state index is -0.287. The van der Waals surface area contributed by atoms with Crippen LogP contribution in [0.15, 0.2) is 54.0 Å². The zero-order valence-corrected chi connectivity index (χ0v) is 15.3. The van der Waals surface area contributed by atoms with Crippen molar-refractivity contribution in [1.82, 2.24) is 4.57 Å². The van der Waals surface area contributed by atoms with Crippen LogP contribution in [0.5, 0.6) is 0 Å². The maximum Gasteiger partial charge on any atom is 0.279 e. The van der Waals surface area contributed by atoms with E-state index in [0.29, 0.717) is 27.0 Å². The van der Waals surface area contributed by atoms with E-state index in [9.17, 15) is 4.79 Å². The first kappa shape index (κ1) is 17.0. The molecule has 0 aliphatic rings. The average molecular weight is 377 g/mol. The number of carbonyl (C=O) groups excluding carboxylic acids is 1. The van der Waals surface area contributed by atoms with Crippen molar-refractivity contribution >= 4 is 50.7 Å². The van der Waals surface area contributed by atoms with Crippen LogP contribution < -0.4 is 4.80 Å². The fraction of sp³-hybridized carbons (Fsp3) is 0.111. The standard InChI is InChI=1S/C18H14Cl2N2OS/c1-3-7-22-16-14(20)9-13(19)10-15(16)24-18(22)21-17(23)12-6-4-5-11(2)8-12/h3-6,8-10H,1,7H2,2H3. The number of allylic oxidation sites excluding steroid dienone is 1.